The number of nitrogens with zero attached hydrogens (tertiary/aromatic N) is 3. The number of benzene rings is 1. The molecule has 2 aromatic heterocycles. The lowest BCUT2D eigenvalue weighted by atomic mass is 10.2. The molecule has 22 heavy (non-hydrogen) atoms. The summed E-state index contributed by atoms with van der Waals surface area (Å²) in [6.45, 7) is 2.58. The first-order chi connectivity index (χ1) is 10.8. The summed E-state index contributed by atoms with van der Waals surface area (Å²) in [5.41, 5.74) is 0.882. The number of rotatable bonds is 5. The van der Waals surface area contributed by atoms with Gasteiger partial charge in [0.05, 0.1) is 19.1 Å². The van der Waals surface area contributed by atoms with Gasteiger partial charge < -0.3 is 9.15 Å². The van der Waals surface area contributed by atoms with Crippen LogP contribution in [0.1, 0.15) is 12.7 Å². The summed E-state index contributed by atoms with van der Waals surface area (Å²) in [6.07, 6.45) is 3.17. The molecule has 0 saturated carbocycles. The second-order valence-corrected chi connectivity index (χ2v) is 4.77. The molecule has 0 aliphatic rings. The number of nitrogens with one attached hydrogen (secondary N) is 1. The van der Waals surface area contributed by atoms with Gasteiger partial charge in [0.2, 0.25) is 4.77 Å². The summed E-state index contributed by atoms with van der Waals surface area (Å²) in [6, 6.07) is 11.2. The van der Waals surface area contributed by atoms with Crippen LogP contribution in [0.3, 0.4) is 0 Å². The van der Waals surface area contributed by atoms with E-state index in [4.69, 9.17) is 21.4 Å². The Balaban J connectivity index is 1.93. The van der Waals surface area contributed by atoms with Gasteiger partial charge in [-0.3, -0.25) is 0 Å². The number of furan rings is 1. The molecule has 0 unspecified atom stereocenters. The molecular weight excluding hydrogens is 300 g/mol. The number of hydrogen-bond donors (Lipinski definition) is 1. The predicted octanol–water partition coefficient (Wildman–Crippen LogP) is 3.48. The summed E-state index contributed by atoms with van der Waals surface area (Å²) >= 11 is 5.21. The topological polar surface area (TPSA) is 68.3 Å². The fourth-order valence-corrected chi connectivity index (χ4v) is 2.11. The van der Waals surface area contributed by atoms with Crippen molar-refractivity contribution in [2.45, 2.75) is 6.92 Å². The molecule has 7 heteroatoms. The number of aromatic amines is 1. The van der Waals surface area contributed by atoms with Gasteiger partial charge in [0.15, 0.2) is 5.82 Å². The normalized spacial score (nSPS) is 11.1. The molecule has 112 valence electrons. The standard InChI is InChI=1S/C15H14N4O2S/c1-2-20-12-7-5-11(6-8-12)14-17-18-15(22)19(14)16-10-13-4-3-9-21-13/h3-10H,2H2,1H3,(H,18,22)/b16-10+. The van der Waals surface area contributed by atoms with E-state index in [0.717, 1.165) is 11.3 Å². The summed E-state index contributed by atoms with van der Waals surface area (Å²) in [4.78, 5) is 0. The summed E-state index contributed by atoms with van der Waals surface area (Å²) in [5.74, 6) is 2.07. The molecule has 0 fully saturated rings. The Bertz CT molecular complexity index is 816. The van der Waals surface area contributed by atoms with E-state index in [1.165, 1.54) is 0 Å². The Kier molecular flexibility index (Phi) is 4.15. The van der Waals surface area contributed by atoms with Gasteiger partial charge in [0.1, 0.15) is 11.5 Å². The van der Waals surface area contributed by atoms with E-state index in [9.17, 15) is 0 Å². The molecule has 0 amide bonds. The van der Waals surface area contributed by atoms with E-state index in [0.29, 0.717) is 23.0 Å². The Labute approximate surface area is 132 Å². The highest BCUT2D eigenvalue weighted by atomic mass is 32.1. The Morgan fingerprint density at radius 2 is 2.18 bits per heavy atom. The van der Waals surface area contributed by atoms with E-state index in [-0.39, 0.29) is 0 Å². The average molecular weight is 314 g/mol. The first-order valence-electron chi connectivity index (χ1n) is 6.76. The first kappa shape index (κ1) is 14.3. The molecule has 3 aromatic rings. The highest BCUT2D eigenvalue weighted by Gasteiger charge is 2.08. The quantitative estimate of drug-likeness (QED) is 0.578. The third-order valence-electron chi connectivity index (χ3n) is 2.92. The minimum Gasteiger partial charge on any atom is -0.494 e. The van der Waals surface area contributed by atoms with Crippen molar-refractivity contribution < 1.29 is 9.15 Å². The molecule has 0 bridgehead atoms. The molecule has 0 atom stereocenters. The van der Waals surface area contributed by atoms with Crippen LogP contribution in [0.2, 0.25) is 0 Å². The molecular formula is C15H14N4O2S. The molecule has 0 aliphatic carbocycles. The molecule has 6 nitrogen and oxygen atoms in total. The monoisotopic (exact) mass is 314 g/mol. The highest BCUT2D eigenvalue weighted by Crippen LogP contribution is 2.21. The minimum atomic E-state index is 0.409. The van der Waals surface area contributed by atoms with Crippen LogP contribution in [0.25, 0.3) is 11.4 Å². The number of H-pyrrole nitrogens is 1. The van der Waals surface area contributed by atoms with Crippen molar-refractivity contribution in [3.8, 4) is 17.1 Å². The van der Waals surface area contributed by atoms with Crippen molar-refractivity contribution >= 4 is 18.4 Å². The van der Waals surface area contributed by atoms with E-state index in [1.807, 2.05) is 37.3 Å². The molecule has 0 radical (unpaired) electrons. The van der Waals surface area contributed by atoms with Crippen LogP contribution < -0.4 is 4.74 Å². The van der Waals surface area contributed by atoms with Crippen molar-refractivity contribution in [2.24, 2.45) is 5.10 Å². The summed E-state index contributed by atoms with van der Waals surface area (Å²) < 4.78 is 12.6. The lowest BCUT2D eigenvalue weighted by Gasteiger charge is -2.04. The van der Waals surface area contributed by atoms with Crippen LogP contribution in [0.5, 0.6) is 5.75 Å². The third-order valence-corrected chi connectivity index (χ3v) is 3.18. The maximum absolute atomic E-state index is 5.43. The molecule has 0 aliphatic heterocycles. The smallest absolute Gasteiger partial charge is 0.216 e. The van der Waals surface area contributed by atoms with Crippen LogP contribution >= 0.6 is 12.2 Å². The lowest BCUT2D eigenvalue weighted by Crippen LogP contribution is -1.95. The Morgan fingerprint density at radius 3 is 2.86 bits per heavy atom. The van der Waals surface area contributed by atoms with Gasteiger partial charge >= 0.3 is 0 Å². The first-order valence-corrected chi connectivity index (χ1v) is 7.17. The largest absolute Gasteiger partial charge is 0.494 e. The summed E-state index contributed by atoms with van der Waals surface area (Å²) in [5, 5.41) is 11.3. The van der Waals surface area contributed by atoms with E-state index in [2.05, 4.69) is 15.3 Å². The van der Waals surface area contributed by atoms with Gasteiger partial charge in [0.25, 0.3) is 0 Å². The van der Waals surface area contributed by atoms with Crippen molar-refractivity contribution in [2.75, 3.05) is 6.61 Å². The molecule has 0 saturated heterocycles. The van der Waals surface area contributed by atoms with Crippen molar-refractivity contribution in [1.29, 1.82) is 0 Å². The maximum Gasteiger partial charge on any atom is 0.216 e. The fraction of sp³-hybridized carbons (Fsp3) is 0.133. The highest BCUT2D eigenvalue weighted by molar-refractivity contribution is 7.71. The Morgan fingerprint density at radius 1 is 1.36 bits per heavy atom. The lowest BCUT2D eigenvalue weighted by molar-refractivity contribution is 0.340. The predicted molar refractivity (Wildman–Crippen MR) is 85.7 cm³/mol. The van der Waals surface area contributed by atoms with Crippen LogP contribution in [0, 0.1) is 4.77 Å². The minimum absolute atomic E-state index is 0.409. The third kappa shape index (κ3) is 2.99. The zero-order chi connectivity index (χ0) is 15.4. The molecule has 1 aromatic carbocycles. The average Bonchev–Trinajstić information content (AvgIpc) is 3.16. The van der Waals surface area contributed by atoms with E-state index < -0.39 is 0 Å². The fourth-order valence-electron chi connectivity index (χ4n) is 1.93. The number of aromatic nitrogens is 3. The van der Waals surface area contributed by atoms with Gasteiger partial charge in [0, 0.05) is 5.56 Å². The van der Waals surface area contributed by atoms with Crippen molar-refractivity contribution in [3.05, 3.63) is 53.2 Å². The SMILES string of the molecule is CCOc1ccc(-c2n[nH]c(=S)n2/N=C/c2ccco2)cc1. The van der Waals surface area contributed by atoms with E-state index >= 15 is 0 Å². The van der Waals surface area contributed by atoms with E-state index in [1.54, 1.807) is 23.2 Å². The molecule has 0 spiro atoms. The van der Waals surface area contributed by atoms with Crippen molar-refractivity contribution in [3.63, 3.8) is 0 Å². The van der Waals surface area contributed by atoms with Gasteiger partial charge in [-0.2, -0.15) is 14.9 Å². The van der Waals surface area contributed by atoms with Crippen molar-refractivity contribution in [1.82, 2.24) is 14.9 Å². The molecule has 3 rings (SSSR count). The zero-order valence-electron chi connectivity index (χ0n) is 11.9. The second kappa shape index (κ2) is 6.40. The zero-order valence-corrected chi connectivity index (χ0v) is 12.7. The second-order valence-electron chi connectivity index (χ2n) is 4.38. The molecule has 1 N–H and O–H groups in total. The van der Waals surface area contributed by atoms with Crippen LogP contribution in [-0.4, -0.2) is 27.7 Å². The van der Waals surface area contributed by atoms with Crippen LogP contribution in [0.15, 0.2) is 52.2 Å². The van der Waals surface area contributed by atoms with Gasteiger partial charge in [-0.1, -0.05) is 0 Å². The Hall–Kier alpha value is -2.67. The summed E-state index contributed by atoms with van der Waals surface area (Å²) in [7, 11) is 0. The maximum atomic E-state index is 5.43. The van der Waals surface area contributed by atoms with Gasteiger partial charge in [-0.05, 0) is 55.5 Å². The van der Waals surface area contributed by atoms with Gasteiger partial charge in [-0.25, -0.2) is 5.10 Å². The molecule has 2 heterocycles. The number of ether oxygens (including phenoxy) is 1. The number of hydrogen-bond acceptors (Lipinski definition) is 5. The van der Waals surface area contributed by atoms with Crippen LogP contribution in [0.4, 0.5) is 0 Å². The van der Waals surface area contributed by atoms with Crippen LogP contribution in [-0.2, 0) is 0 Å². The van der Waals surface area contributed by atoms with Gasteiger partial charge in [-0.15, -0.1) is 0 Å².